The lowest BCUT2D eigenvalue weighted by Crippen LogP contribution is -2.09. The van der Waals surface area contributed by atoms with Crippen LogP contribution < -0.4 is 0 Å². The van der Waals surface area contributed by atoms with Crippen molar-refractivity contribution in [2.75, 3.05) is 0 Å². The molecule has 1 nitrogen and oxygen atoms in total. The smallest absolute Gasteiger partial charge is 0.143 e. The Morgan fingerprint density at radius 1 is 1.23 bits per heavy atom. The Morgan fingerprint density at radius 3 is 2.62 bits per heavy atom. The molecule has 0 fully saturated rings. The molecule has 1 aromatic rings. The Balaban J connectivity index is 2.06. The molecular weight excluding hydrogens is 160 g/mol. The van der Waals surface area contributed by atoms with Crippen LogP contribution in [0.5, 0.6) is 0 Å². The van der Waals surface area contributed by atoms with E-state index < -0.39 is 0 Å². The van der Waals surface area contributed by atoms with Crippen LogP contribution in [0.3, 0.4) is 0 Å². The molecule has 0 saturated carbocycles. The molecule has 0 N–H and O–H groups in total. The predicted molar refractivity (Wildman–Crippen MR) is 52.4 cm³/mol. The van der Waals surface area contributed by atoms with Crippen LogP contribution in [0, 0.1) is 5.92 Å². The largest absolute Gasteiger partial charge is 0.299 e. The molecule has 0 spiro atoms. The molecule has 0 saturated heterocycles. The van der Waals surface area contributed by atoms with Crippen molar-refractivity contribution in [2.45, 2.75) is 12.8 Å². The Kier molecular flexibility index (Phi) is 2.26. The van der Waals surface area contributed by atoms with Gasteiger partial charge in [0.2, 0.25) is 0 Å². The fraction of sp³-hybridized carbons (Fsp3) is 0.250. The first-order valence-electron chi connectivity index (χ1n) is 4.59. The summed E-state index contributed by atoms with van der Waals surface area (Å²) in [7, 11) is 0. The van der Waals surface area contributed by atoms with Gasteiger partial charge in [0.05, 0.1) is 0 Å². The number of hydrogen-bond acceptors (Lipinski definition) is 1. The summed E-state index contributed by atoms with van der Waals surface area (Å²) in [6.45, 7) is 0. The van der Waals surface area contributed by atoms with Gasteiger partial charge < -0.3 is 0 Å². The van der Waals surface area contributed by atoms with Gasteiger partial charge in [-0.15, -0.1) is 0 Å². The zero-order valence-corrected chi connectivity index (χ0v) is 7.44. The molecule has 1 aliphatic carbocycles. The third-order valence-corrected chi connectivity index (χ3v) is 2.40. The van der Waals surface area contributed by atoms with E-state index in [-0.39, 0.29) is 5.92 Å². The second kappa shape index (κ2) is 3.56. The normalized spacial score (nSPS) is 20.9. The lowest BCUT2D eigenvalue weighted by Gasteiger charge is -2.05. The minimum absolute atomic E-state index is 0.127. The van der Waals surface area contributed by atoms with Crippen LogP contribution in [0.1, 0.15) is 12.0 Å². The fourth-order valence-electron chi connectivity index (χ4n) is 1.66. The van der Waals surface area contributed by atoms with Gasteiger partial charge in [-0.1, -0.05) is 42.5 Å². The molecule has 0 bridgehead atoms. The minimum Gasteiger partial charge on any atom is -0.299 e. The molecule has 0 radical (unpaired) electrons. The van der Waals surface area contributed by atoms with E-state index in [0.717, 1.165) is 6.42 Å². The first-order valence-corrected chi connectivity index (χ1v) is 4.59. The van der Waals surface area contributed by atoms with E-state index in [1.807, 2.05) is 30.4 Å². The highest BCUT2D eigenvalue weighted by atomic mass is 16.1. The van der Waals surface area contributed by atoms with Crippen molar-refractivity contribution >= 4 is 5.78 Å². The molecule has 0 heterocycles. The van der Waals surface area contributed by atoms with E-state index in [9.17, 15) is 4.79 Å². The van der Waals surface area contributed by atoms with Crippen LogP contribution in [0.4, 0.5) is 0 Å². The molecule has 13 heavy (non-hydrogen) atoms. The van der Waals surface area contributed by atoms with E-state index in [0.29, 0.717) is 12.2 Å². The van der Waals surface area contributed by atoms with Crippen molar-refractivity contribution in [2.24, 2.45) is 5.92 Å². The molecule has 1 aromatic carbocycles. The number of carbonyl (C=O) groups is 1. The summed E-state index contributed by atoms with van der Waals surface area (Å²) in [5.41, 5.74) is 1.24. The molecule has 66 valence electrons. The first-order chi connectivity index (χ1) is 6.36. The van der Waals surface area contributed by atoms with Crippen molar-refractivity contribution in [1.82, 2.24) is 0 Å². The zero-order valence-electron chi connectivity index (χ0n) is 7.44. The fourth-order valence-corrected chi connectivity index (χ4v) is 1.66. The van der Waals surface area contributed by atoms with Crippen molar-refractivity contribution in [3.05, 3.63) is 48.0 Å². The third-order valence-electron chi connectivity index (χ3n) is 2.40. The predicted octanol–water partition coefficient (Wildman–Crippen LogP) is 2.37. The van der Waals surface area contributed by atoms with Crippen LogP contribution in [0.25, 0.3) is 0 Å². The second-order valence-electron chi connectivity index (χ2n) is 3.39. The summed E-state index contributed by atoms with van der Waals surface area (Å²) in [6.07, 6.45) is 5.47. The van der Waals surface area contributed by atoms with Gasteiger partial charge >= 0.3 is 0 Å². The molecule has 2 rings (SSSR count). The van der Waals surface area contributed by atoms with Crippen molar-refractivity contribution in [3.63, 3.8) is 0 Å². The Bertz CT molecular complexity index is 324. The van der Waals surface area contributed by atoms with Crippen LogP contribution in [-0.2, 0) is 11.2 Å². The summed E-state index contributed by atoms with van der Waals surface area (Å²) in [5.74, 6) is 0.478. The standard InChI is InChI=1S/C12H12O/c13-12-8-4-7-11(12)9-10-5-2-1-3-6-10/h1-7,11H,8-9H2. The lowest BCUT2D eigenvalue weighted by molar-refractivity contribution is -0.119. The van der Waals surface area contributed by atoms with Gasteiger partial charge in [0, 0.05) is 12.3 Å². The molecule has 0 aliphatic heterocycles. The Morgan fingerprint density at radius 2 is 2.00 bits per heavy atom. The van der Waals surface area contributed by atoms with E-state index in [1.54, 1.807) is 0 Å². The maximum atomic E-state index is 11.3. The monoisotopic (exact) mass is 172 g/mol. The summed E-state index contributed by atoms with van der Waals surface area (Å²) in [5, 5.41) is 0. The SMILES string of the molecule is O=C1CC=CC1Cc1ccccc1. The molecule has 1 heteroatoms. The van der Waals surface area contributed by atoms with Crippen molar-refractivity contribution < 1.29 is 4.79 Å². The number of hydrogen-bond donors (Lipinski definition) is 0. The van der Waals surface area contributed by atoms with Crippen LogP contribution in [0.15, 0.2) is 42.5 Å². The van der Waals surface area contributed by atoms with E-state index in [1.165, 1.54) is 5.56 Å². The highest BCUT2D eigenvalue weighted by Gasteiger charge is 2.18. The van der Waals surface area contributed by atoms with Gasteiger partial charge in [0.1, 0.15) is 5.78 Å². The average molecular weight is 172 g/mol. The topological polar surface area (TPSA) is 17.1 Å². The molecule has 0 amide bonds. The van der Waals surface area contributed by atoms with Crippen molar-refractivity contribution in [3.8, 4) is 0 Å². The molecular formula is C12H12O. The Hall–Kier alpha value is -1.37. The lowest BCUT2D eigenvalue weighted by atomic mass is 9.98. The van der Waals surface area contributed by atoms with E-state index >= 15 is 0 Å². The van der Waals surface area contributed by atoms with Gasteiger partial charge in [-0.2, -0.15) is 0 Å². The van der Waals surface area contributed by atoms with Crippen molar-refractivity contribution in [1.29, 1.82) is 0 Å². The first kappa shape index (κ1) is 8.24. The number of rotatable bonds is 2. The van der Waals surface area contributed by atoms with Gasteiger partial charge in [-0.05, 0) is 12.0 Å². The number of allylic oxidation sites excluding steroid dienone is 2. The van der Waals surface area contributed by atoms with Crippen LogP contribution in [-0.4, -0.2) is 5.78 Å². The van der Waals surface area contributed by atoms with Gasteiger partial charge in [-0.3, -0.25) is 4.79 Å². The van der Waals surface area contributed by atoms with Gasteiger partial charge in [0.15, 0.2) is 0 Å². The molecule has 1 atom stereocenters. The van der Waals surface area contributed by atoms with Crippen LogP contribution >= 0.6 is 0 Å². The number of ketones is 1. The number of carbonyl (C=O) groups excluding carboxylic acids is 1. The molecule has 0 aromatic heterocycles. The van der Waals surface area contributed by atoms with Crippen LogP contribution in [0.2, 0.25) is 0 Å². The summed E-state index contributed by atoms with van der Waals surface area (Å²) < 4.78 is 0. The summed E-state index contributed by atoms with van der Waals surface area (Å²) in [4.78, 5) is 11.3. The average Bonchev–Trinajstić information content (AvgIpc) is 2.54. The van der Waals surface area contributed by atoms with Gasteiger partial charge in [0.25, 0.3) is 0 Å². The Labute approximate surface area is 78.1 Å². The second-order valence-corrected chi connectivity index (χ2v) is 3.39. The molecule has 1 aliphatic rings. The maximum absolute atomic E-state index is 11.3. The summed E-state index contributed by atoms with van der Waals surface area (Å²) in [6, 6.07) is 10.2. The highest BCUT2D eigenvalue weighted by Crippen LogP contribution is 2.18. The highest BCUT2D eigenvalue weighted by molar-refractivity contribution is 5.86. The summed E-state index contributed by atoms with van der Waals surface area (Å²) >= 11 is 0. The zero-order chi connectivity index (χ0) is 9.10. The quantitative estimate of drug-likeness (QED) is 0.626. The number of Topliss-reactive ketones (excluding diaryl/α,β-unsaturated/α-hetero) is 1. The minimum atomic E-state index is 0.127. The number of benzene rings is 1. The van der Waals surface area contributed by atoms with E-state index in [2.05, 4.69) is 12.1 Å². The maximum Gasteiger partial charge on any atom is 0.143 e. The third kappa shape index (κ3) is 1.86. The van der Waals surface area contributed by atoms with E-state index in [4.69, 9.17) is 0 Å². The van der Waals surface area contributed by atoms with Gasteiger partial charge in [-0.25, -0.2) is 0 Å². The molecule has 1 unspecified atom stereocenters.